The zero-order chi connectivity index (χ0) is 22.5. The molecule has 2 aliphatic heterocycles. The molecule has 2 aliphatic rings. The quantitative estimate of drug-likeness (QED) is 0.621. The molecule has 11 heteroatoms. The van der Waals surface area contributed by atoms with Crippen LogP contribution in [0.2, 0.25) is 0 Å². The van der Waals surface area contributed by atoms with Crippen LogP contribution < -0.4 is 23.8 Å². The molecular formula is C21H19N3O6S2. The number of carbonyl (C=O) groups excluding carboxylic acids is 1. The number of rotatable bonds is 4. The first-order valence-electron chi connectivity index (χ1n) is 9.75. The maximum absolute atomic E-state index is 12.9. The fourth-order valence-corrected chi connectivity index (χ4v) is 5.58. The highest BCUT2D eigenvalue weighted by molar-refractivity contribution is 7.93. The van der Waals surface area contributed by atoms with E-state index in [1.54, 1.807) is 19.2 Å². The minimum atomic E-state index is -3.87. The third kappa shape index (κ3) is 3.63. The third-order valence-corrected chi connectivity index (χ3v) is 7.51. The van der Waals surface area contributed by atoms with E-state index in [2.05, 4.69) is 9.71 Å². The summed E-state index contributed by atoms with van der Waals surface area (Å²) >= 11 is 1.23. The number of anilines is 2. The van der Waals surface area contributed by atoms with Crippen LogP contribution in [0.4, 0.5) is 10.8 Å². The van der Waals surface area contributed by atoms with Crippen LogP contribution in [0.25, 0.3) is 11.3 Å². The number of amides is 1. The lowest BCUT2D eigenvalue weighted by molar-refractivity contribution is -0.120. The van der Waals surface area contributed by atoms with Gasteiger partial charge in [0.1, 0.15) is 19.0 Å². The highest BCUT2D eigenvalue weighted by Gasteiger charge is 2.25. The van der Waals surface area contributed by atoms with Crippen LogP contribution >= 0.6 is 11.3 Å². The van der Waals surface area contributed by atoms with E-state index >= 15 is 0 Å². The molecule has 2 aromatic carbocycles. The number of fused-ring (bicyclic) bond motifs is 2. The summed E-state index contributed by atoms with van der Waals surface area (Å²) in [5.41, 5.74) is 2.03. The SMILES string of the molecule is Cc1sc(NS(=O)(=O)c2ccc3c(c2)OCCO3)nc1-c1ccc2c(c1)N(C)C(=O)CO2. The van der Waals surface area contributed by atoms with Gasteiger partial charge in [-0.25, -0.2) is 13.4 Å². The van der Waals surface area contributed by atoms with E-state index in [4.69, 9.17) is 14.2 Å². The molecule has 0 saturated heterocycles. The Hall–Kier alpha value is -3.31. The van der Waals surface area contributed by atoms with Crippen molar-refractivity contribution >= 4 is 38.1 Å². The number of nitrogens with zero attached hydrogens (tertiary/aromatic N) is 2. The Balaban J connectivity index is 1.43. The van der Waals surface area contributed by atoms with Gasteiger partial charge in [-0.15, -0.1) is 11.3 Å². The lowest BCUT2D eigenvalue weighted by Crippen LogP contribution is -2.35. The summed E-state index contributed by atoms with van der Waals surface area (Å²) < 4.78 is 44.8. The number of likely N-dealkylation sites (N-methyl/N-ethyl adjacent to an activating group) is 1. The van der Waals surface area contributed by atoms with Crippen molar-refractivity contribution in [3.05, 3.63) is 41.3 Å². The molecule has 1 aromatic heterocycles. The molecule has 3 heterocycles. The van der Waals surface area contributed by atoms with Gasteiger partial charge in [0.05, 0.1) is 16.3 Å². The van der Waals surface area contributed by atoms with Gasteiger partial charge in [0.25, 0.3) is 15.9 Å². The highest BCUT2D eigenvalue weighted by atomic mass is 32.2. The Morgan fingerprint density at radius 2 is 1.78 bits per heavy atom. The van der Waals surface area contributed by atoms with E-state index in [1.807, 2.05) is 19.1 Å². The molecule has 0 radical (unpaired) electrons. The number of aromatic nitrogens is 1. The van der Waals surface area contributed by atoms with Gasteiger partial charge in [0, 0.05) is 23.6 Å². The van der Waals surface area contributed by atoms with Crippen molar-refractivity contribution < 1.29 is 27.4 Å². The minimum Gasteiger partial charge on any atom is -0.486 e. The van der Waals surface area contributed by atoms with Crippen LogP contribution in [-0.2, 0) is 14.8 Å². The smallest absolute Gasteiger partial charge is 0.264 e. The Bertz CT molecular complexity index is 1340. The van der Waals surface area contributed by atoms with Gasteiger partial charge in [0.2, 0.25) is 0 Å². The zero-order valence-corrected chi connectivity index (χ0v) is 18.9. The second-order valence-corrected chi connectivity index (χ2v) is 10.1. The summed E-state index contributed by atoms with van der Waals surface area (Å²) in [6.45, 7) is 2.66. The monoisotopic (exact) mass is 473 g/mol. The van der Waals surface area contributed by atoms with Crippen molar-refractivity contribution in [1.82, 2.24) is 4.98 Å². The summed E-state index contributed by atoms with van der Waals surface area (Å²) in [6, 6.07) is 9.92. The average molecular weight is 474 g/mol. The number of benzene rings is 2. The predicted octanol–water partition coefficient (Wildman–Crippen LogP) is 3.05. The van der Waals surface area contributed by atoms with Crippen molar-refractivity contribution in [2.75, 3.05) is 36.5 Å². The minimum absolute atomic E-state index is 0.00433. The first kappa shape index (κ1) is 20.6. The third-order valence-electron chi connectivity index (χ3n) is 5.16. The van der Waals surface area contributed by atoms with Gasteiger partial charge in [-0.05, 0) is 37.3 Å². The molecule has 1 amide bonds. The highest BCUT2D eigenvalue weighted by Crippen LogP contribution is 2.38. The first-order valence-corrected chi connectivity index (χ1v) is 12.1. The Morgan fingerprint density at radius 1 is 1.03 bits per heavy atom. The van der Waals surface area contributed by atoms with Gasteiger partial charge in [-0.3, -0.25) is 9.52 Å². The molecule has 1 N–H and O–H groups in total. The summed E-state index contributed by atoms with van der Waals surface area (Å²) in [5.74, 6) is 1.38. The van der Waals surface area contributed by atoms with Gasteiger partial charge >= 0.3 is 0 Å². The zero-order valence-electron chi connectivity index (χ0n) is 17.2. The van der Waals surface area contributed by atoms with E-state index in [1.165, 1.54) is 28.4 Å². The molecule has 0 saturated carbocycles. The van der Waals surface area contributed by atoms with E-state index in [0.29, 0.717) is 41.8 Å². The maximum atomic E-state index is 12.9. The van der Waals surface area contributed by atoms with Crippen LogP contribution in [0.1, 0.15) is 4.88 Å². The Morgan fingerprint density at radius 3 is 2.59 bits per heavy atom. The molecule has 0 atom stereocenters. The normalized spacial score (nSPS) is 15.2. The lowest BCUT2D eigenvalue weighted by atomic mass is 10.1. The maximum Gasteiger partial charge on any atom is 0.264 e. The first-order chi connectivity index (χ1) is 15.3. The van der Waals surface area contributed by atoms with Crippen LogP contribution in [0.15, 0.2) is 41.3 Å². The van der Waals surface area contributed by atoms with Gasteiger partial charge in [0.15, 0.2) is 23.2 Å². The molecule has 0 fully saturated rings. The van der Waals surface area contributed by atoms with Crippen molar-refractivity contribution in [1.29, 1.82) is 0 Å². The molecule has 0 bridgehead atoms. The van der Waals surface area contributed by atoms with Gasteiger partial charge < -0.3 is 19.1 Å². The van der Waals surface area contributed by atoms with E-state index in [-0.39, 0.29) is 22.5 Å². The topological polar surface area (TPSA) is 107 Å². The van der Waals surface area contributed by atoms with Crippen LogP contribution in [0.3, 0.4) is 0 Å². The van der Waals surface area contributed by atoms with E-state index in [9.17, 15) is 13.2 Å². The molecule has 0 unspecified atom stereocenters. The number of nitrogens with one attached hydrogen (secondary N) is 1. The van der Waals surface area contributed by atoms with E-state index in [0.717, 1.165) is 10.4 Å². The van der Waals surface area contributed by atoms with Crippen molar-refractivity contribution in [3.8, 4) is 28.5 Å². The summed E-state index contributed by atoms with van der Waals surface area (Å²) in [6.07, 6.45) is 0. The number of thiazole rings is 1. The Kier molecular flexibility index (Phi) is 4.94. The Labute approximate surface area is 188 Å². The van der Waals surface area contributed by atoms with Crippen molar-refractivity contribution in [2.24, 2.45) is 0 Å². The summed E-state index contributed by atoms with van der Waals surface area (Å²) in [5, 5.41) is 0.241. The number of aryl methyl sites for hydroxylation is 1. The van der Waals surface area contributed by atoms with E-state index < -0.39 is 10.0 Å². The van der Waals surface area contributed by atoms with Crippen LogP contribution in [-0.4, -0.2) is 46.2 Å². The second-order valence-electron chi connectivity index (χ2n) is 7.26. The molecule has 3 aromatic rings. The fourth-order valence-electron chi connectivity index (χ4n) is 3.49. The summed E-state index contributed by atoms with van der Waals surface area (Å²) in [4.78, 5) is 18.9. The van der Waals surface area contributed by atoms with Gasteiger partial charge in [-0.2, -0.15) is 0 Å². The number of hydrogen-bond donors (Lipinski definition) is 1. The molecule has 0 spiro atoms. The number of sulfonamides is 1. The standard InChI is InChI=1S/C21H19N3O6S2/c1-12-20(13-3-5-16-15(9-13)24(2)19(25)11-30-16)22-21(31-12)23-32(26,27)14-4-6-17-18(10-14)29-8-7-28-17/h3-6,9-10H,7-8,11H2,1-2H3,(H,22,23). The summed E-state index contributed by atoms with van der Waals surface area (Å²) in [7, 11) is -2.18. The molecule has 166 valence electrons. The second kappa shape index (κ2) is 7.68. The predicted molar refractivity (Wildman–Crippen MR) is 119 cm³/mol. The molecule has 5 rings (SSSR count). The molecular weight excluding hydrogens is 454 g/mol. The molecule has 0 aliphatic carbocycles. The van der Waals surface area contributed by atoms with Crippen molar-refractivity contribution in [3.63, 3.8) is 0 Å². The number of hydrogen-bond acceptors (Lipinski definition) is 8. The van der Waals surface area contributed by atoms with Gasteiger partial charge in [-0.1, -0.05) is 0 Å². The molecule has 9 nitrogen and oxygen atoms in total. The number of carbonyl (C=O) groups is 1. The fraction of sp³-hybridized carbons (Fsp3) is 0.238. The van der Waals surface area contributed by atoms with Crippen LogP contribution in [0.5, 0.6) is 17.2 Å². The largest absolute Gasteiger partial charge is 0.486 e. The van der Waals surface area contributed by atoms with Crippen molar-refractivity contribution in [2.45, 2.75) is 11.8 Å². The van der Waals surface area contributed by atoms with Crippen LogP contribution in [0, 0.1) is 6.92 Å². The number of ether oxygens (including phenoxy) is 3. The average Bonchev–Trinajstić information content (AvgIpc) is 3.15. The molecule has 32 heavy (non-hydrogen) atoms. The lowest BCUT2D eigenvalue weighted by Gasteiger charge is -2.26.